The Kier molecular flexibility index (Phi) is 5.46. The van der Waals surface area contributed by atoms with Crippen LogP contribution in [0, 0.1) is 0 Å². The molecule has 1 unspecified atom stereocenters. The minimum atomic E-state index is -2.94. The molecule has 1 nitrogen and oxygen atoms in total. The van der Waals surface area contributed by atoms with Gasteiger partial charge in [0.25, 0.3) is 0 Å². The highest BCUT2D eigenvalue weighted by molar-refractivity contribution is 7.79. The van der Waals surface area contributed by atoms with E-state index in [0.717, 1.165) is 23.5 Å². The van der Waals surface area contributed by atoms with Gasteiger partial charge in [-0.25, -0.2) is 0 Å². The molecule has 0 radical (unpaired) electrons. The molecule has 0 bridgehead atoms. The number of fused-ring (bicyclic) bond motifs is 1. The quantitative estimate of drug-likeness (QED) is 0.238. The molecule has 0 aliphatic heterocycles. The summed E-state index contributed by atoms with van der Waals surface area (Å²) in [4.78, 5) is 1.22. The molecule has 150 valence electrons. The molecular formula is C27H25OPS. The molecule has 30 heavy (non-hydrogen) atoms. The zero-order valence-corrected chi connectivity index (χ0v) is 18.6. The van der Waals surface area contributed by atoms with Crippen LogP contribution < -0.4 is 10.6 Å². The molecule has 1 atom stereocenters. The van der Waals surface area contributed by atoms with E-state index < -0.39 is 7.14 Å². The summed E-state index contributed by atoms with van der Waals surface area (Å²) in [7, 11) is -2.94. The van der Waals surface area contributed by atoms with Crippen LogP contribution in [0.15, 0.2) is 103 Å². The number of allylic oxidation sites excluding steroid dienone is 2. The largest absolute Gasteiger partial charge is 0.313 e. The monoisotopic (exact) mass is 428 g/mol. The third-order valence-corrected chi connectivity index (χ3v) is 10.9. The summed E-state index contributed by atoms with van der Waals surface area (Å²) in [6.45, 7) is 0. The van der Waals surface area contributed by atoms with Gasteiger partial charge in [-0.1, -0.05) is 90.5 Å². The predicted octanol–water partition coefficient (Wildman–Crippen LogP) is 7.46. The van der Waals surface area contributed by atoms with Gasteiger partial charge >= 0.3 is 0 Å². The van der Waals surface area contributed by atoms with Crippen LogP contribution in [0.4, 0.5) is 0 Å². The van der Waals surface area contributed by atoms with Gasteiger partial charge in [-0.2, -0.15) is 0 Å². The third kappa shape index (κ3) is 3.49. The van der Waals surface area contributed by atoms with Gasteiger partial charge in [-0.15, -0.1) is 11.3 Å². The van der Waals surface area contributed by atoms with Crippen molar-refractivity contribution in [3.8, 4) is 0 Å². The smallest absolute Gasteiger partial charge is 0.155 e. The second kappa shape index (κ2) is 8.38. The van der Waals surface area contributed by atoms with E-state index in [-0.39, 0.29) is 5.66 Å². The molecule has 0 saturated carbocycles. The van der Waals surface area contributed by atoms with Gasteiger partial charge in [0, 0.05) is 20.2 Å². The molecular weight excluding hydrogens is 403 g/mol. The number of hydrogen-bond donors (Lipinski definition) is 0. The highest BCUT2D eigenvalue weighted by Gasteiger charge is 2.40. The maximum absolute atomic E-state index is 15.3. The van der Waals surface area contributed by atoms with Crippen LogP contribution in [0.5, 0.6) is 0 Å². The van der Waals surface area contributed by atoms with Crippen molar-refractivity contribution in [1.82, 2.24) is 0 Å². The van der Waals surface area contributed by atoms with Crippen LogP contribution in [-0.2, 0) is 4.57 Å². The van der Waals surface area contributed by atoms with Gasteiger partial charge < -0.3 is 4.57 Å². The van der Waals surface area contributed by atoms with Crippen LogP contribution in [0.1, 0.15) is 36.2 Å². The van der Waals surface area contributed by atoms with E-state index in [1.165, 1.54) is 33.4 Å². The Morgan fingerprint density at radius 1 is 0.767 bits per heavy atom. The van der Waals surface area contributed by atoms with Crippen molar-refractivity contribution >= 4 is 39.2 Å². The first-order valence-electron chi connectivity index (χ1n) is 10.7. The molecule has 4 aromatic rings. The zero-order chi connectivity index (χ0) is 20.4. The van der Waals surface area contributed by atoms with Crippen molar-refractivity contribution in [2.75, 3.05) is 0 Å². The van der Waals surface area contributed by atoms with Gasteiger partial charge in [-0.3, -0.25) is 0 Å². The molecule has 0 fully saturated rings. The lowest BCUT2D eigenvalue weighted by atomic mass is 9.96. The second-order valence-electron chi connectivity index (χ2n) is 7.94. The Morgan fingerprint density at radius 2 is 1.40 bits per heavy atom. The topological polar surface area (TPSA) is 17.1 Å². The average molecular weight is 429 g/mol. The Bertz CT molecular complexity index is 1150. The van der Waals surface area contributed by atoms with Crippen LogP contribution in [0.2, 0.25) is 0 Å². The third-order valence-electron chi connectivity index (χ3n) is 6.03. The van der Waals surface area contributed by atoms with Gasteiger partial charge in [0.15, 0.2) is 7.14 Å². The molecule has 3 aromatic carbocycles. The molecule has 0 spiro atoms. The molecule has 1 heterocycles. The highest BCUT2D eigenvalue weighted by atomic mass is 32.1. The second-order valence-corrected chi connectivity index (χ2v) is 11.9. The van der Waals surface area contributed by atoms with Crippen LogP contribution in [0.3, 0.4) is 0 Å². The number of benzene rings is 3. The van der Waals surface area contributed by atoms with Crippen LogP contribution >= 0.6 is 18.5 Å². The predicted molar refractivity (Wildman–Crippen MR) is 131 cm³/mol. The zero-order valence-electron chi connectivity index (χ0n) is 16.9. The lowest BCUT2D eigenvalue weighted by Crippen LogP contribution is -2.22. The Labute approximate surface area is 182 Å². The van der Waals surface area contributed by atoms with E-state index >= 15 is 4.57 Å². The normalized spacial score (nSPS) is 15.7. The van der Waals surface area contributed by atoms with E-state index in [1.807, 2.05) is 36.4 Å². The summed E-state index contributed by atoms with van der Waals surface area (Å²) in [5, 5.41) is 3.14. The average Bonchev–Trinajstić information content (AvgIpc) is 3.24. The minimum Gasteiger partial charge on any atom is -0.313 e. The molecule has 0 N–H and O–H groups in total. The fraction of sp³-hybridized carbons (Fsp3) is 0.185. The number of hydrogen-bond acceptors (Lipinski definition) is 2. The lowest BCUT2D eigenvalue weighted by Gasteiger charge is -2.31. The van der Waals surface area contributed by atoms with Gasteiger partial charge in [0.05, 0.1) is 5.66 Å². The Balaban J connectivity index is 1.79. The molecule has 1 aliphatic rings. The first kappa shape index (κ1) is 19.5. The van der Waals surface area contributed by atoms with Gasteiger partial charge in [0.1, 0.15) is 0 Å². The maximum atomic E-state index is 15.3. The van der Waals surface area contributed by atoms with Crippen molar-refractivity contribution in [1.29, 1.82) is 0 Å². The van der Waals surface area contributed by atoms with Crippen molar-refractivity contribution in [3.05, 3.63) is 108 Å². The highest BCUT2D eigenvalue weighted by Crippen LogP contribution is 2.63. The number of thiophene rings is 1. The minimum absolute atomic E-state index is 0.0972. The van der Waals surface area contributed by atoms with Crippen LogP contribution in [-0.4, -0.2) is 0 Å². The first-order chi connectivity index (χ1) is 14.8. The van der Waals surface area contributed by atoms with E-state index in [4.69, 9.17) is 0 Å². The van der Waals surface area contributed by atoms with Gasteiger partial charge in [0.2, 0.25) is 0 Å². The fourth-order valence-corrected chi connectivity index (χ4v) is 9.55. The fourth-order valence-electron chi connectivity index (χ4n) is 4.59. The van der Waals surface area contributed by atoms with Crippen molar-refractivity contribution in [2.24, 2.45) is 0 Å². The lowest BCUT2D eigenvalue weighted by molar-refractivity contribution is 0.579. The van der Waals surface area contributed by atoms with E-state index in [1.54, 1.807) is 11.3 Å². The summed E-state index contributed by atoms with van der Waals surface area (Å²) in [5.74, 6) is 0. The van der Waals surface area contributed by atoms with Crippen LogP contribution in [0.25, 0.3) is 10.1 Å². The number of rotatable bonds is 5. The summed E-state index contributed by atoms with van der Waals surface area (Å²) >= 11 is 1.80. The molecule has 5 rings (SSSR count). The van der Waals surface area contributed by atoms with E-state index in [0.29, 0.717) is 0 Å². The Morgan fingerprint density at radius 3 is 2.00 bits per heavy atom. The van der Waals surface area contributed by atoms with Crippen molar-refractivity contribution in [2.45, 2.75) is 31.3 Å². The maximum Gasteiger partial charge on any atom is 0.155 e. The van der Waals surface area contributed by atoms with Crippen molar-refractivity contribution in [3.63, 3.8) is 0 Å². The Hall–Kier alpha value is -2.41. The summed E-state index contributed by atoms with van der Waals surface area (Å²) in [6.07, 6.45) is 6.89. The molecule has 1 aliphatic carbocycles. The molecule has 3 heteroatoms. The van der Waals surface area contributed by atoms with Crippen molar-refractivity contribution < 1.29 is 4.57 Å². The van der Waals surface area contributed by atoms with E-state index in [2.05, 4.69) is 60.7 Å². The van der Waals surface area contributed by atoms with Gasteiger partial charge in [-0.05, 0) is 43.2 Å². The standard InChI is InChI=1S/C27H25OPS/c28-29(23-15-6-2-7-16-23,24-17-8-3-9-18-24)27(21-12-4-1-5-13-21)26-20-22-14-10-11-19-25(22)30-26/h2-3,6-12,14-20,27H,1,4-5,13H2. The first-order valence-corrected chi connectivity index (χ1v) is 13.2. The summed E-state index contributed by atoms with van der Waals surface area (Å²) < 4.78 is 16.5. The molecule has 0 amide bonds. The van der Waals surface area contributed by atoms with E-state index in [9.17, 15) is 0 Å². The summed E-state index contributed by atoms with van der Waals surface area (Å²) in [5.41, 5.74) is 1.25. The molecule has 0 saturated heterocycles. The SMILES string of the molecule is O=P(c1ccccc1)(c1ccccc1)C(C1=CCCCC1)c1cc2ccccc2s1. The molecule has 1 aromatic heterocycles. The summed E-state index contributed by atoms with van der Waals surface area (Å²) in [6, 6.07) is 31.1.